The lowest BCUT2D eigenvalue weighted by molar-refractivity contribution is -0.119. The Bertz CT molecular complexity index is 696. The summed E-state index contributed by atoms with van der Waals surface area (Å²) in [6, 6.07) is 3.83. The molecule has 2 aromatic heterocycles. The van der Waals surface area contributed by atoms with Crippen molar-refractivity contribution in [3.8, 4) is 5.82 Å². The van der Waals surface area contributed by atoms with Crippen LogP contribution >= 0.6 is 0 Å². The Labute approximate surface area is 134 Å². The molecule has 0 unspecified atom stereocenters. The maximum absolute atomic E-state index is 12.8. The number of piperidine rings is 1. The molecule has 1 aliphatic rings. The molecule has 0 aliphatic carbocycles. The van der Waals surface area contributed by atoms with Gasteiger partial charge in [-0.25, -0.2) is 0 Å². The number of nitrogens with two attached hydrogens (primary N) is 1. The van der Waals surface area contributed by atoms with Gasteiger partial charge in [0.15, 0.2) is 0 Å². The quantitative estimate of drug-likeness (QED) is 0.911. The standard InChI is InChI=1S/C16H21N5O2/c1-19-15(20-6-2-3-7-20)13(11-18-19)16(23)21-8-4-12(5-9-21)10-14(17)22/h2-3,6-7,11-12H,4-5,8-10H2,1H3,(H2,17,22). The van der Waals surface area contributed by atoms with Crippen LogP contribution in [-0.2, 0) is 11.8 Å². The van der Waals surface area contributed by atoms with E-state index in [4.69, 9.17) is 5.73 Å². The number of aromatic nitrogens is 3. The number of likely N-dealkylation sites (tertiary alicyclic amines) is 1. The number of aryl methyl sites for hydroxylation is 1. The van der Waals surface area contributed by atoms with Crippen molar-refractivity contribution in [1.82, 2.24) is 19.2 Å². The molecule has 1 aliphatic heterocycles. The summed E-state index contributed by atoms with van der Waals surface area (Å²) in [5.74, 6) is 0.768. The summed E-state index contributed by atoms with van der Waals surface area (Å²) in [7, 11) is 1.82. The Hall–Kier alpha value is -2.57. The Kier molecular flexibility index (Phi) is 4.18. The Morgan fingerprint density at radius 1 is 1.26 bits per heavy atom. The van der Waals surface area contributed by atoms with E-state index >= 15 is 0 Å². The summed E-state index contributed by atoms with van der Waals surface area (Å²) in [5.41, 5.74) is 5.85. The van der Waals surface area contributed by atoms with Crippen LogP contribution in [0.25, 0.3) is 5.82 Å². The normalized spacial score (nSPS) is 15.8. The van der Waals surface area contributed by atoms with Crippen LogP contribution in [0.5, 0.6) is 0 Å². The summed E-state index contributed by atoms with van der Waals surface area (Å²) in [6.45, 7) is 1.30. The molecule has 23 heavy (non-hydrogen) atoms. The van der Waals surface area contributed by atoms with Gasteiger partial charge in [-0.2, -0.15) is 5.10 Å². The first-order valence-electron chi connectivity index (χ1n) is 7.79. The number of hydrogen-bond donors (Lipinski definition) is 1. The third-order valence-electron chi connectivity index (χ3n) is 4.38. The maximum atomic E-state index is 12.8. The van der Waals surface area contributed by atoms with E-state index in [1.807, 2.05) is 41.0 Å². The number of carbonyl (C=O) groups is 2. The zero-order valence-electron chi connectivity index (χ0n) is 13.2. The highest BCUT2D eigenvalue weighted by Gasteiger charge is 2.27. The number of hydrogen-bond acceptors (Lipinski definition) is 3. The van der Waals surface area contributed by atoms with Gasteiger partial charge in [-0.3, -0.25) is 14.3 Å². The SMILES string of the molecule is Cn1ncc(C(=O)N2CCC(CC(N)=O)CC2)c1-n1cccc1. The molecule has 2 amide bonds. The van der Waals surface area contributed by atoms with Crippen molar-refractivity contribution >= 4 is 11.8 Å². The number of carbonyl (C=O) groups excluding carboxylic acids is 2. The Morgan fingerprint density at radius 3 is 2.52 bits per heavy atom. The van der Waals surface area contributed by atoms with E-state index in [0.717, 1.165) is 18.7 Å². The molecule has 7 heteroatoms. The molecular formula is C16H21N5O2. The van der Waals surface area contributed by atoms with Crippen molar-refractivity contribution in [2.24, 2.45) is 18.7 Å². The van der Waals surface area contributed by atoms with Crippen LogP contribution in [0.3, 0.4) is 0 Å². The highest BCUT2D eigenvalue weighted by atomic mass is 16.2. The minimum absolute atomic E-state index is 0.0145. The molecule has 3 heterocycles. The average Bonchev–Trinajstić information content (AvgIpc) is 3.15. The van der Waals surface area contributed by atoms with Crippen LogP contribution in [0.15, 0.2) is 30.7 Å². The molecule has 2 aromatic rings. The van der Waals surface area contributed by atoms with Crippen molar-refractivity contribution in [1.29, 1.82) is 0 Å². The number of rotatable bonds is 4. The molecule has 0 radical (unpaired) electrons. The van der Waals surface area contributed by atoms with Gasteiger partial charge in [-0.15, -0.1) is 0 Å². The lowest BCUT2D eigenvalue weighted by Crippen LogP contribution is -2.39. The minimum atomic E-state index is -0.267. The number of amides is 2. The summed E-state index contributed by atoms with van der Waals surface area (Å²) < 4.78 is 3.59. The fraction of sp³-hybridized carbons (Fsp3) is 0.438. The molecule has 7 nitrogen and oxygen atoms in total. The van der Waals surface area contributed by atoms with Crippen LogP contribution < -0.4 is 5.73 Å². The smallest absolute Gasteiger partial charge is 0.259 e. The highest BCUT2D eigenvalue weighted by Crippen LogP contribution is 2.23. The fourth-order valence-corrected chi connectivity index (χ4v) is 3.16. The number of nitrogens with zero attached hydrogens (tertiary/aromatic N) is 4. The molecular weight excluding hydrogens is 294 g/mol. The van der Waals surface area contributed by atoms with Gasteiger partial charge in [-0.05, 0) is 30.9 Å². The summed E-state index contributed by atoms with van der Waals surface area (Å²) in [5, 5.41) is 4.23. The summed E-state index contributed by atoms with van der Waals surface area (Å²) in [6.07, 6.45) is 7.44. The molecule has 0 spiro atoms. The van der Waals surface area contributed by atoms with Crippen molar-refractivity contribution < 1.29 is 9.59 Å². The van der Waals surface area contributed by atoms with Gasteiger partial charge in [-0.1, -0.05) is 0 Å². The lowest BCUT2D eigenvalue weighted by Gasteiger charge is -2.31. The summed E-state index contributed by atoms with van der Waals surface area (Å²) in [4.78, 5) is 25.7. The van der Waals surface area contributed by atoms with Gasteiger partial charge >= 0.3 is 0 Å². The largest absolute Gasteiger partial charge is 0.370 e. The van der Waals surface area contributed by atoms with Gasteiger partial charge in [0.1, 0.15) is 11.4 Å². The van der Waals surface area contributed by atoms with E-state index < -0.39 is 0 Å². The Balaban J connectivity index is 1.74. The molecule has 2 N–H and O–H groups in total. The molecule has 3 rings (SSSR count). The molecule has 1 saturated heterocycles. The molecule has 1 fully saturated rings. The molecule has 0 bridgehead atoms. The van der Waals surface area contributed by atoms with Crippen molar-refractivity contribution in [2.75, 3.05) is 13.1 Å². The van der Waals surface area contributed by atoms with Gasteiger partial charge in [0, 0.05) is 39.0 Å². The van der Waals surface area contributed by atoms with Gasteiger partial charge in [0.25, 0.3) is 5.91 Å². The third-order valence-corrected chi connectivity index (χ3v) is 4.38. The average molecular weight is 315 g/mol. The molecule has 122 valence electrons. The monoisotopic (exact) mass is 315 g/mol. The van der Waals surface area contributed by atoms with Crippen molar-refractivity contribution in [3.63, 3.8) is 0 Å². The first-order chi connectivity index (χ1) is 11.1. The second kappa shape index (κ2) is 6.28. The second-order valence-corrected chi connectivity index (χ2v) is 6.00. The molecule has 0 saturated carbocycles. The topological polar surface area (TPSA) is 86.2 Å². The number of primary amides is 1. The highest BCUT2D eigenvalue weighted by molar-refractivity contribution is 5.97. The Morgan fingerprint density at radius 2 is 1.91 bits per heavy atom. The second-order valence-electron chi connectivity index (χ2n) is 6.00. The van der Waals surface area contributed by atoms with Gasteiger partial charge < -0.3 is 15.2 Å². The minimum Gasteiger partial charge on any atom is -0.370 e. The van der Waals surface area contributed by atoms with E-state index in [1.165, 1.54) is 0 Å². The first kappa shape index (κ1) is 15.3. The van der Waals surface area contributed by atoms with Crippen LogP contribution in [0.2, 0.25) is 0 Å². The first-order valence-corrected chi connectivity index (χ1v) is 7.79. The predicted molar refractivity (Wildman–Crippen MR) is 85.0 cm³/mol. The summed E-state index contributed by atoms with van der Waals surface area (Å²) >= 11 is 0. The van der Waals surface area contributed by atoms with Gasteiger partial charge in [0.05, 0.1) is 6.20 Å². The van der Waals surface area contributed by atoms with Crippen molar-refractivity contribution in [3.05, 3.63) is 36.3 Å². The molecule has 0 atom stereocenters. The third kappa shape index (κ3) is 3.13. The molecule has 0 aromatic carbocycles. The zero-order valence-corrected chi connectivity index (χ0v) is 13.2. The maximum Gasteiger partial charge on any atom is 0.259 e. The lowest BCUT2D eigenvalue weighted by atomic mass is 9.93. The van der Waals surface area contributed by atoms with Gasteiger partial charge in [0.2, 0.25) is 5.91 Å². The van der Waals surface area contributed by atoms with Crippen LogP contribution in [0.4, 0.5) is 0 Å². The van der Waals surface area contributed by atoms with E-state index in [-0.39, 0.29) is 17.7 Å². The van der Waals surface area contributed by atoms with Crippen LogP contribution in [0.1, 0.15) is 29.6 Å². The zero-order chi connectivity index (χ0) is 16.4. The predicted octanol–water partition coefficient (Wildman–Crippen LogP) is 0.938. The fourth-order valence-electron chi connectivity index (χ4n) is 3.16. The van der Waals surface area contributed by atoms with Crippen molar-refractivity contribution in [2.45, 2.75) is 19.3 Å². The van der Waals surface area contributed by atoms with E-state index in [9.17, 15) is 9.59 Å². The van der Waals surface area contributed by atoms with E-state index in [1.54, 1.807) is 10.9 Å². The van der Waals surface area contributed by atoms with E-state index in [0.29, 0.717) is 25.1 Å². The van der Waals surface area contributed by atoms with Crippen LogP contribution in [0, 0.1) is 5.92 Å². The van der Waals surface area contributed by atoms with Crippen LogP contribution in [-0.4, -0.2) is 44.2 Å². The van der Waals surface area contributed by atoms with E-state index in [2.05, 4.69) is 5.10 Å².